The minimum Gasteiger partial charge on any atom is -0.259 e. The number of rotatable bonds is 9. The van der Waals surface area contributed by atoms with Crippen molar-refractivity contribution in [2.24, 2.45) is 5.41 Å². The molecule has 4 rings (SSSR count). The fourth-order valence-electron chi connectivity index (χ4n) is 4.97. The molecule has 4 aromatic rings. The van der Waals surface area contributed by atoms with E-state index in [1.807, 2.05) is 29.2 Å². The molecule has 1 heterocycles. The van der Waals surface area contributed by atoms with Gasteiger partial charge in [0.2, 0.25) is 0 Å². The Kier molecular flexibility index (Phi) is 10.2. The molecule has 2 unspecified atom stereocenters. The van der Waals surface area contributed by atoms with Crippen molar-refractivity contribution >= 4 is 19.1 Å². The predicted molar refractivity (Wildman–Crippen MR) is 152 cm³/mol. The van der Waals surface area contributed by atoms with E-state index < -0.39 is 24.6 Å². The molecule has 0 aliphatic carbocycles. The van der Waals surface area contributed by atoms with Gasteiger partial charge in [-0.25, -0.2) is 9.67 Å². The molecule has 0 fully saturated rings. The fourth-order valence-corrected chi connectivity index (χ4v) is 6.51. The molecule has 2 atom stereocenters. The molecule has 0 amide bonds. The third kappa shape index (κ3) is 6.16. The molecule has 200 valence electrons. The highest BCUT2D eigenvalue weighted by molar-refractivity contribution is 7.84. The van der Waals surface area contributed by atoms with Crippen LogP contribution in [0.1, 0.15) is 61.4 Å². The number of hydrogen-bond acceptors (Lipinski definition) is 4. The van der Waals surface area contributed by atoms with E-state index in [0.29, 0.717) is 5.82 Å². The minimum absolute atomic E-state index is 0.152. The van der Waals surface area contributed by atoms with E-state index in [2.05, 4.69) is 93.6 Å². The van der Waals surface area contributed by atoms with E-state index in [0.717, 1.165) is 29.5 Å². The van der Waals surface area contributed by atoms with Crippen LogP contribution in [0.2, 0.25) is 0 Å². The van der Waals surface area contributed by atoms with Crippen molar-refractivity contribution in [3.05, 3.63) is 120 Å². The van der Waals surface area contributed by atoms with E-state index in [-0.39, 0.29) is 10.7 Å². The number of hydrogen-bond donors (Lipinski definition) is 2. The van der Waals surface area contributed by atoms with E-state index in [1.165, 1.54) is 0 Å². The highest BCUT2D eigenvalue weighted by Crippen LogP contribution is 2.44. The van der Waals surface area contributed by atoms with Crippen LogP contribution in [0.15, 0.2) is 97.3 Å². The van der Waals surface area contributed by atoms with Crippen LogP contribution in [-0.4, -0.2) is 35.0 Å². The van der Waals surface area contributed by atoms with Gasteiger partial charge in [0, 0.05) is 21.6 Å². The molecule has 0 bridgehead atoms. The van der Waals surface area contributed by atoms with Crippen molar-refractivity contribution in [1.29, 1.82) is 0 Å². The Bertz CT molecular complexity index is 1230. The molecule has 38 heavy (non-hydrogen) atoms. The summed E-state index contributed by atoms with van der Waals surface area (Å²) in [5, 5.41) is 4.86. The molecular formula is C29H35N3O4PS+. The molecule has 9 heteroatoms. The topological polar surface area (TPSA) is 105 Å². The van der Waals surface area contributed by atoms with E-state index in [4.69, 9.17) is 24.4 Å². The van der Waals surface area contributed by atoms with E-state index >= 15 is 0 Å². The normalized spacial score (nSPS) is 13.2. The van der Waals surface area contributed by atoms with Gasteiger partial charge in [-0.1, -0.05) is 112 Å². The lowest BCUT2D eigenvalue weighted by molar-refractivity contribution is 0.277. The lowest BCUT2D eigenvalue weighted by atomic mass is 9.77. The standard InChI is InChI=1S/C29H33N3OS.HO3P/c1-5-28(3,6-2)26(34(4)33)27-30-22-32(31-27)29(23-16-10-7-11-17-23,24-18-12-8-13-19-24)25-20-14-9-15-21-25;1-4(2)3/h7-22,26H,5-6H2,1-4H3;(H-,1,2,3)/p+1. The second-order valence-corrected chi connectivity index (χ2v) is 11.3. The van der Waals surface area contributed by atoms with Gasteiger partial charge in [0.1, 0.15) is 17.1 Å². The lowest BCUT2D eigenvalue weighted by Gasteiger charge is -2.36. The Morgan fingerprint density at radius 1 is 0.842 bits per heavy atom. The molecule has 0 saturated carbocycles. The SMILES string of the molecule is CCC(C)(CC)C(c1ncn(C(c2ccccc2)(c2ccccc2)c2ccccc2)n1)S(C)=O.O=[P+](O)O. The number of benzene rings is 3. The molecule has 3 aromatic carbocycles. The molecule has 0 saturated heterocycles. The maximum absolute atomic E-state index is 13.0. The zero-order valence-corrected chi connectivity index (χ0v) is 23.8. The zero-order chi connectivity index (χ0) is 27.8. The van der Waals surface area contributed by atoms with Crippen LogP contribution < -0.4 is 0 Å². The second-order valence-electron chi connectivity index (χ2n) is 9.35. The average Bonchev–Trinajstić information content (AvgIpc) is 3.40. The quantitative estimate of drug-likeness (QED) is 0.195. The van der Waals surface area contributed by atoms with Crippen molar-refractivity contribution in [3.8, 4) is 0 Å². The first kappa shape index (κ1) is 29.5. The van der Waals surface area contributed by atoms with Gasteiger partial charge >= 0.3 is 8.25 Å². The van der Waals surface area contributed by atoms with Gasteiger partial charge in [-0.3, -0.25) is 4.21 Å². The molecule has 0 aliphatic heterocycles. The number of nitrogens with zero attached hydrogens (tertiary/aromatic N) is 3. The highest BCUT2D eigenvalue weighted by Gasteiger charge is 2.42. The summed E-state index contributed by atoms with van der Waals surface area (Å²) in [7, 11) is -3.98. The third-order valence-electron chi connectivity index (χ3n) is 7.24. The molecule has 0 aliphatic rings. The van der Waals surface area contributed by atoms with Gasteiger partial charge in [0.15, 0.2) is 5.82 Å². The predicted octanol–water partition coefficient (Wildman–Crippen LogP) is 5.99. The van der Waals surface area contributed by atoms with Crippen molar-refractivity contribution in [1.82, 2.24) is 14.8 Å². The van der Waals surface area contributed by atoms with Gasteiger partial charge in [-0.05, 0) is 34.9 Å². The van der Waals surface area contributed by atoms with Gasteiger partial charge in [-0.2, -0.15) is 5.10 Å². The Hall–Kier alpha value is -3.03. The maximum Gasteiger partial charge on any atom is 0.692 e. The summed E-state index contributed by atoms with van der Waals surface area (Å²) >= 11 is 0. The summed E-state index contributed by atoms with van der Waals surface area (Å²) in [4.78, 5) is 19.0. The molecule has 0 spiro atoms. The first-order valence-electron chi connectivity index (χ1n) is 12.5. The van der Waals surface area contributed by atoms with Gasteiger partial charge in [0.25, 0.3) is 0 Å². The summed E-state index contributed by atoms with van der Waals surface area (Å²) in [5.41, 5.74) is 2.40. The van der Waals surface area contributed by atoms with Crippen LogP contribution in [0.4, 0.5) is 0 Å². The number of aromatic nitrogens is 3. The van der Waals surface area contributed by atoms with Crippen molar-refractivity contribution in [2.75, 3.05) is 6.26 Å². The third-order valence-corrected chi connectivity index (χ3v) is 8.69. The van der Waals surface area contributed by atoms with Crippen LogP contribution in [0, 0.1) is 5.41 Å². The Labute approximate surface area is 228 Å². The van der Waals surface area contributed by atoms with Crippen molar-refractivity contribution < 1.29 is 18.6 Å². The molecule has 1 aromatic heterocycles. The largest absolute Gasteiger partial charge is 0.692 e. The van der Waals surface area contributed by atoms with Crippen molar-refractivity contribution in [2.45, 2.75) is 44.4 Å². The van der Waals surface area contributed by atoms with Crippen LogP contribution >= 0.6 is 8.25 Å². The van der Waals surface area contributed by atoms with Crippen LogP contribution in [0.5, 0.6) is 0 Å². The Balaban J connectivity index is 0.000000934. The first-order valence-corrected chi connectivity index (χ1v) is 15.2. The summed E-state index contributed by atoms with van der Waals surface area (Å²) in [6.07, 6.45) is 5.40. The summed E-state index contributed by atoms with van der Waals surface area (Å²) in [6, 6.07) is 31.3. The van der Waals surface area contributed by atoms with E-state index in [9.17, 15) is 4.21 Å². The monoisotopic (exact) mass is 552 g/mol. The molecule has 7 nitrogen and oxygen atoms in total. The van der Waals surface area contributed by atoms with E-state index in [1.54, 1.807) is 6.26 Å². The smallest absolute Gasteiger partial charge is 0.259 e. The van der Waals surface area contributed by atoms with Gasteiger partial charge in [-0.15, -0.1) is 9.79 Å². The Morgan fingerprint density at radius 3 is 1.53 bits per heavy atom. The van der Waals surface area contributed by atoms with Gasteiger partial charge < -0.3 is 0 Å². The zero-order valence-electron chi connectivity index (χ0n) is 22.1. The second kappa shape index (κ2) is 13.2. The summed E-state index contributed by atoms with van der Waals surface area (Å²) in [6.45, 7) is 6.50. The molecule has 2 N–H and O–H groups in total. The average molecular weight is 553 g/mol. The lowest BCUT2D eigenvalue weighted by Crippen LogP contribution is -2.38. The molecule has 0 radical (unpaired) electrons. The van der Waals surface area contributed by atoms with Crippen LogP contribution in [-0.2, 0) is 20.9 Å². The van der Waals surface area contributed by atoms with Crippen LogP contribution in [0.25, 0.3) is 0 Å². The first-order chi connectivity index (χ1) is 18.2. The summed E-state index contributed by atoms with van der Waals surface area (Å²) < 4.78 is 23.7. The van der Waals surface area contributed by atoms with Gasteiger partial charge in [0.05, 0.1) is 0 Å². The fraction of sp³-hybridized carbons (Fsp3) is 0.310. The molecular weight excluding hydrogens is 517 g/mol. The maximum atomic E-state index is 13.0. The summed E-state index contributed by atoms with van der Waals surface area (Å²) in [5.74, 6) is 0.638. The van der Waals surface area contributed by atoms with Crippen molar-refractivity contribution in [3.63, 3.8) is 0 Å². The highest BCUT2D eigenvalue weighted by atomic mass is 32.2. The minimum atomic E-state index is -2.87. The van der Waals surface area contributed by atoms with Crippen LogP contribution in [0.3, 0.4) is 0 Å². The Morgan fingerprint density at radius 2 is 1.21 bits per heavy atom.